The van der Waals surface area contributed by atoms with Gasteiger partial charge in [0.05, 0.1) is 19.5 Å². The summed E-state index contributed by atoms with van der Waals surface area (Å²) in [6.07, 6.45) is 3.57. The highest BCUT2D eigenvalue weighted by Crippen LogP contribution is 1.98. The van der Waals surface area contributed by atoms with Crippen LogP contribution in [-0.4, -0.2) is 67.3 Å². The van der Waals surface area contributed by atoms with E-state index in [1.807, 2.05) is 19.0 Å². The number of hydrogen-bond acceptors (Lipinski definition) is 6. The van der Waals surface area contributed by atoms with E-state index < -0.39 is 12.0 Å². The topological polar surface area (TPSA) is 93.5 Å². The predicted molar refractivity (Wildman–Crippen MR) is 70.6 cm³/mol. The Balaban J connectivity index is 2.07. The second-order valence-electron chi connectivity index (χ2n) is 4.47. The van der Waals surface area contributed by atoms with Gasteiger partial charge in [0.25, 0.3) is 0 Å². The maximum atomic E-state index is 11.6. The molecule has 0 spiro atoms. The van der Waals surface area contributed by atoms with Gasteiger partial charge in [-0.15, -0.1) is 0 Å². The number of carbonyl (C=O) groups excluding carboxylic acids is 1. The van der Waals surface area contributed by atoms with E-state index in [0.29, 0.717) is 19.6 Å². The van der Waals surface area contributed by atoms with Gasteiger partial charge in [0.15, 0.2) is 0 Å². The minimum Gasteiger partial charge on any atom is -0.462 e. The lowest BCUT2D eigenvalue weighted by atomic mass is 10.2. The molecule has 0 aliphatic carbocycles. The van der Waals surface area contributed by atoms with Crippen molar-refractivity contribution in [1.82, 2.24) is 14.9 Å². The smallest absolute Gasteiger partial charge is 0.323 e. The number of nitrogens with one attached hydrogen (secondary N) is 1. The molecule has 3 N–H and O–H groups in total. The molecule has 0 amide bonds. The molecule has 7 heteroatoms. The Bertz CT molecular complexity index is 354. The zero-order valence-electron chi connectivity index (χ0n) is 11.5. The van der Waals surface area contributed by atoms with Crippen molar-refractivity contribution in [2.45, 2.75) is 12.5 Å². The monoisotopic (exact) mass is 270 g/mol. The fraction of sp³-hybridized carbons (Fsp3) is 0.667. The number of aromatic amines is 1. The van der Waals surface area contributed by atoms with Gasteiger partial charge < -0.3 is 25.1 Å². The van der Waals surface area contributed by atoms with Crippen molar-refractivity contribution in [2.24, 2.45) is 5.73 Å². The van der Waals surface area contributed by atoms with Crippen LogP contribution in [0.5, 0.6) is 0 Å². The summed E-state index contributed by atoms with van der Waals surface area (Å²) in [6.45, 7) is 2.07. The van der Waals surface area contributed by atoms with Gasteiger partial charge in [-0.3, -0.25) is 4.79 Å². The largest absolute Gasteiger partial charge is 0.462 e. The van der Waals surface area contributed by atoms with Crippen LogP contribution in [0.2, 0.25) is 0 Å². The highest BCUT2D eigenvalue weighted by Gasteiger charge is 2.16. The Morgan fingerprint density at radius 3 is 2.89 bits per heavy atom. The molecule has 1 aromatic heterocycles. The molecule has 0 aromatic carbocycles. The SMILES string of the molecule is CN(C)CCOCCOC(=O)C(N)Cc1cnc[nH]1. The van der Waals surface area contributed by atoms with Crippen LogP contribution < -0.4 is 5.73 Å². The van der Waals surface area contributed by atoms with Gasteiger partial charge in [-0.05, 0) is 14.1 Å². The van der Waals surface area contributed by atoms with Crippen molar-refractivity contribution in [3.63, 3.8) is 0 Å². The van der Waals surface area contributed by atoms with E-state index in [2.05, 4.69) is 9.97 Å². The minimum absolute atomic E-state index is 0.225. The average Bonchev–Trinajstić information content (AvgIpc) is 2.85. The number of carbonyl (C=O) groups is 1. The van der Waals surface area contributed by atoms with Gasteiger partial charge in [0.2, 0.25) is 0 Å². The quantitative estimate of drug-likeness (QED) is 0.460. The molecule has 0 radical (unpaired) electrons. The van der Waals surface area contributed by atoms with Crippen LogP contribution >= 0.6 is 0 Å². The molecule has 1 heterocycles. The second-order valence-corrected chi connectivity index (χ2v) is 4.47. The lowest BCUT2D eigenvalue weighted by Gasteiger charge is -2.12. The van der Waals surface area contributed by atoms with Gasteiger partial charge in [-0.2, -0.15) is 0 Å². The number of hydrogen-bond donors (Lipinski definition) is 2. The van der Waals surface area contributed by atoms with Crippen molar-refractivity contribution in [1.29, 1.82) is 0 Å². The predicted octanol–water partition coefficient (Wildman–Crippen LogP) is -0.599. The number of H-pyrrole nitrogens is 1. The molecule has 0 aliphatic rings. The van der Waals surface area contributed by atoms with E-state index in [-0.39, 0.29) is 6.61 Å². The van der Waals surface area contributed by atoms with Crippen molar-refractivity contribution in [3.05, 3.63) is 18.2 Å². The molecule has 1 aromatic rings. The van der Waals surface area contributed by atoms with E-state index in [4.69, 9.17) is 15.2 Å². The maximum Gasteiger partial charge on any atom is 0.323 e. The van der Waals surface area contributed by atoms with Gasteiger partial charge in [0.1, 0.15) is 12.6 Å². The number of esters is 1. The number of rotatable bonds is 9. The van der Waals surface area contributed by atoms with Gasteiger partial charge in [0, 0.05) is 24.9 Å². The highest BCUT2D eigenvalue weighted by atomic mass is 16.6. The van der Waals surface area contributed by atoms with Gasteiger partial charge in [-0.25, -0.2) is 4.98 Å². The Kier molecular flexibility index (Phi) is 7.09. The maximum absolute atomic E-state index is 11.6. The summed E-state index contributed by atoms with van der Waals surface area (Å²) < 4.78 is 10.3. The lowest BCUT2D eigenvalue weighted by Crippen LogP contribution is -2.35. The minimum atomic E-state index is -0.678. The summed E-state index contributed by atoms with van der Waals surface area (Å²) in [7, 11) is 3.94. The van der Waals surface area contributed by atoms with Crippen molar-refractivity contribution >= 4 is 5.97 Å². The molecular formula is C12H22N4O3. The van der Waals surface area contributed by atoms with E-state index in [1.165, 1.54) is 0 Å². The summed E-state index contributed by atoms with van der Waals surface area (Å²) in [6, 6.07) is -0.678. The summed E-state index contributed by atoms with van der Waals surface area (Å²) in [5.41, 5.74) is 6.53. The fourth-order valence-electron chi connectivity index (χ4n) is 1.37. The summed E-state index contributed by atoms with van der Waals surface area (Å²) in [5, 5.41) is 0. The summed E-state index contributed by atoms with van der Waals surface area (Å²) >= 11 is 0. The molecule has 1 rings (SSSR count). The first-order chi connectivity index (χ1) is 9.09. The highest BCUT2D eigenvalue weighted by molar-refractivity contribution is 5.75. The Morgan fingerprint density at radius 2 is 2.26 bits per heavy atom. The number of nitrogens with zero attached hydrogens (tertiary/aromatic N) is 2. The third-order valence-electron chi connectivity index (χ3n) is 2.45. The van der Waals surface area contributed by atoms with Crippen LogP contribution in [0.3, 0.4) is 0 Å². The van der Waals surface area contributed by atoms with E-state index in [0.717, 1.165) is 12.2 Å². The molecule has 1 atom stereocenters. The first kappa shape index (κ1) is 15.6. The third kappa shape index (κ3) is 6.90. The number of imidazole rings is 1. The second kappa shape index (κ2) is 8.63. The Labute approximate surface area is 113 Å². The molecule has 0 fully saturated rings. The lowest BCUT2D eigenvalue weighted by molar-refractivity contribution is -0.146. The van der Waals surface area contributed by atoms with E-state index in [9.17, 15) is 4.79 Å². The standard InChI is InChI=1S/C12H22N4O3/c1-16(2)3-4-18-5-6-19-12(17)11(13)7-10-8-14-9-15-10/h8-9,11H,3-7,13H2,1-2H3,(H,14,15). The van der Waals surface area contributed by atoms with Crippen LogP contribution in [0.15, 0.2) is 12.5 Å². The molecule has 108 valence electrons. The normalized spacial score (nSPS) is 12.6. The molecule has 0 aliphatic heterocycles. The van der Waals surface area contributed by atoms with Crippen molar-refractivity contribution < 1.29 is 14.3 Å². The molecule has 0 saturated heterocycles. The Hall–Kier alpha value is -1.44. The first-order valence-electron chi connectivity index (χ1n) is 6.21. The zero-order valence-corrected chi connectivity index (χ0v) is 11.5. The molecule has 1 unspecified atom stereocenters. The van der Waals surface area contributed by atoms with Gasteiger partial charge >= 0.3 is 5.97 Å². The van der Waals surface area contributed by atoms with Crippen LogP contribution in [-0.2, 0) is 20.7 Å². The molecule has 0 bridgehead atoms. The van der Waals surface area contributed by atoms with E-state index in [1.54, 1.807) is 12.5 Å². The van der Waals surface area contributed by atoms with Crippen LogP contribution in [0, 0.1) is 0 Å². The average molecular weight is 270 g/mol. The molecule has 0 saturated carbocycles. The molecule has 19 heavy (non-hydrogen) atoms. The number of likely N-dealkylation sites (N-methyl/N-ethyl adjacent to an activating group) is 1. The molecular weight excluding hydrogens is 248 g/mol. The summed E-state index contributed by atoms with van der Waals surface area (Å²) in [4.78, 5) is 20.3. The van der Waals surface area contributed by atoms with Crippen LogP contribution in [0.25, 0.3) is 0 Å². The third-order valence-corrected chi connectivity index (χ3v) is 2.45. The van der Waals surface area contributed by atoms with E-state index >= 15 is 0 Å². The van der Waals surface area contributed by atoms with Crippen molar-refractivity contribution in [3.8, 4) is 0 Å². The molecule has 7 nitrogen and oxygen atoms in total. The summed E-state index contributed by atoms with van der Waals surface area (Å²) in [5.74, 6) is -0.425. The number of nitrogens with two attached hydrogens (primary N) is 1. The van der Waals surface area contributed by atoms with Crippen molar-refractivity contribution in [2.75, 3.05) is 40.5 Å². The number of ether oxygens (including phenoxy) is 2. The first-order valence-corrected chi connectivity index (χ1v) is 6.21. The Morgan fingerprint density at radius 1 is 1.47 bits per heavy atom. The van der Waals surface area contributed by atoms with Gasteiger partial charge in [-0.1, -0.05) is 0 Å². The zero-order chi connectivity index (χ0) is 14.1. The van der Waals surface area contributed by atoms with Crippen LogP contribution in [0.4, 0.5) is 0 Å². The van der Waals surface area contributed by atoms with Crippen LogP contribution in [0.1, 0.15) is 5.69 Å². The number of aromatic nitrogens is 2. The fourth-order valence-corrected chi connectivity index (χ4v) is 1.37.